The van der Waals surface area contributed by atoms with Crippen molar-refractivity contribution in [2.45, 2.75) is 13.8 Å². The molecular weight excluding hydrogens is 225 g/mol. The van der Waals surface area contributed by atoms with Crippen molar-refractivity contribution >= 4 is 11.3 Å². The first-order chi connectivity index (χ1) is 7.61. The third kappa shape index (κ3) is 1.93. The van der Waals surface area contributed by atoms with Gasteiger partial charge in [0.2, 0.25) is 0 Å². The molecule has 2 nitrogen and oxygen atoms in total. The lowest BCUT2D eigenvalue weighted by atomic mass is 10.2. The predicted octanol–water partition coefficient (Wildman–Crippen LogP) is 3.57. The molecule has 0 amide bonds. The van der Waals surface area contributed by atoms with Crippen LogP contribution >= 0.6 is 11.3 Å². The minimum absolute atomic E-state index is 0.258. The first kappa shape index (κ1) is 11.1. The average Bonchev–Trinajstić information content (AvgIpc) is 2.59. The molecule has 0 aliphatic heterocycles. The lowest BCUT2D eigenvalue weighted by molar-refractivity contribution is 0.386. The third-order valence-corrected chi connectivity index (χ3v) is 3.55. The van der Waals surface area contributed by atoms with Crippen LogP contribution in [0.2, 0.25) is 0 Å². The van der Waals surface area contributed by atoms with Crippen LogP contribution in [0.4, 0.5) is 4.39 Å². The third-order valence-electron chi connectivity index (χ3n) is 2.43. The van der Waals surface area contributed by atoms with E-state index in [4.69, 9.17) is 4.74 Å². The van der Waals surface area contributed by atoms with Gasteiger partial charge in [0.05, 0.1) is 12.8 Å². The number of aryl methyl sites for hydroxylation is 2. The summed E-state index contributed by atoms with van der Waals surface area (Å²) in [6.07, 6.45) is 0. The fourth-order valence-corrected chi connectivity index (χ4v) is 2.31. The summed E-state index contributed by atoms with van der Waals surface area (Å²) >= 11 is 1.57. The van der Waals surface area contributed by atoms with Crippen molar-refractivity contribution in [2.75, 3.05) is 7.11 Å². The molecule has 0 radical (unpaired) electrons. The number of nitrogens with zero attached hydrogens (tertiary/aromatic N) is 1. The van der Waals surface area contributed by atoms with Gasteiger partial charge in [-0.1, -0.05) is 0 Å². The monoisotopic (exact) mass is 237 g/mol. The van der Waals surface area contributed by atoms with E-state index in [9.17, 15) is 4.39 Å². The number of methoxy groups -OCH3 is 1. The van der Waals surface area contributed by atoms with Gasteiger partial charge in [0.25, 0.3) is 0 Å². The van der Waals surface area contributed by atoms with E-state index in [-0.39, 0.29) is 11.6 Å². The van der Waals surface area contributed by atoms with Gasteiger partial charge in [0.1, 0.15) is 5.01 Å². The fraction of sp³-hybridized carbons (Fsp3) is 0.250. The number of thiazole rings is 1. The summed E-state index contributed by atoms with van der Waals surface area (Å²) in [4.78, 5) is 5.55. The molecule has 2 aromatic rings. The lowest BCUT2D eigenvalue weighted by Crippen LogP contribution is -1.88. The van der Waals surface area contributed by atoms with Gasteiger partial charge in [-0.15, -0.1) is 11.3 Å². The van der Waals surface area contributed by atoms with Gasteiger partial charge in [-0.05, 0) is 32.0 Å². The molecule has 1 aromatic carbocycles. The van der Waals surface area contributed by atoms with E-state index < -0.39 is 0 Å². The summed E-state index contributed by atoms with van der Waals surface area (Å²) < 4.78 is 18.4. The molecule has 0 aliphatic rings. The molecule has 0 bridgehead atoms. The van der Waals surface area contributed by atoms with Crippen molar-refractivity contribution < 1.29 is 9.13 Å². The van der Waals surface area contributed by atoms with Crippen LogP contribution in [0.15, 0.2) is 18.2 Å². The number of halogens is 1. The first-order valence-electron chi connectivity index (χ1n) is 4.89. The maximum atomic E-state index is 13.5. The molecule has 0 aliphatic carbocycles. The molecule has 2 rings (SSSR count). The molecular formula is C12H12FNOS. The molecule has 0 atom stereocenters. The molecule has 0 saturated carbocycles. The van der Waals surface area contributed by atoms with E-state index >= 15 is 0 Å². The van der Waals surface area contributed by atoms with Crippen LogP contribution in [0.5, 0.6) is 5.75 Å². The summed E-state index contributed by atoms with van der Waals surface area (Å²) in [6, 6.07) is 4.90. The van der Waals surface area contributed by atoms with Crippen molar-refractivity contribution in [2.24, 2.45) is 0 Å². The summed E-state index contributed by atoms with van der Waals surface area (Å²) in [6.45, 7) is 3.96. The Labute approximate surface area is 97.7 Å². The highest BCUT2D eigenvalue weighted by Crippen LogP contribution is 2.30. The number of ether oxygens (including phenoxy) is 1. The Morgan fingerprint density at radius 3 is 2.56 bits per heavy atom. The second kappa shape index (κ2) is 4.22. The summed E-state index contributed by atoms with van der Waals surface area (Å²) in [5.41, 5.74) is 1.79. The lowest BCUT2D eigenvalue weighted by Gasteiger charge is -2.02. The summed E-state index contributed by atoms with van der Waals surface area (Å²) in [5.74, 6) is -0.0979. The average molecular weight is 237 g/mol. The van der Waals surface area contributed by atoms with Crippen molar-refractivity contribution in [3.63, 3.8) is 0 Å². The number of aromatic nitrogens is 1. The Morgan fingerprint density at radius 2 is 2.06 bits per heavy atom. The molecule has 1 aromatic heterocycles. The quantitative estimate of drug-likeness (QED) is 0.796. The van der Waals surface area contributed by atoms with Crippen molar-refractivity contribution in [3.05, 3.63) is 34.6 Å². The Kier molecular flexibility index (Phi) is 2.92. The van der Waals surface area contributed by atoms with Crippen LogP contribution in [0, 0.1) is 19.7 Å². The Morgan fingerprint density at radius 1 is 1.31 bits per heavy atom. The first-order valence-corrected chi connectivity index (χ1v) is 5.71. The highest BCUT2D eigenvalue weighted by molar-refractivity contribution is 7.15. The van der Waals surface area contributed by atoms with Crippen molar-refractivity contribution in [1.82, 2.24) is 4.98 Å². The Hall–Kier alpha value is -1.42. The molecule has 1 heterocycles. The van der Waals surface area contributed by atoms with Crippen LogP contribution in [0.3, 0.4) is 0 Å². The molecule has 0 spiro atoms. The van der Waals surface area contributed by atoms with Gasteiger partial charge >= 0.3 is 0 Å². The van der Waals surface area contributed by atoms with Crippen LogP contribution < -0.4 is 4.74 Å². The number of hydrogen-bond donors (Lipinski definition) is 0. The smallest absolute Gasteiger partial charge is 0.165 e. The maximum absolute atomic E-state index is 13.5. The van der Waals surface area contributed by atoms with E-state index in [0.29, 0.717) is 0 Å². The Balaban J connectivity index is 2.45. The van der Waals surface area contributed by atoms with Crippen LogP contribution in [-0.2, 0) is 0 Å². The second-order valence-corrected chi connectivity index (χ2v) is 4.71. The van der Waals surface area contributed by atoms with Crippen LogP contribution in [0.25, 0.3) is 10.6 Å². The molecule has 0 fully saturated rings. The molecule has 0 N–H and O–H groups in total. The molecule has 0 unspecified atom stereocenters. The van der Waals surface area contributed by atoms with Gasteiger partial charge in [-0.2, -0.15) is 0 Å². The zero-order valence-corrected chi connectivity index (χ0v) is 10.2. The van der Waals surface area contributed by atoms with Gasteiger partial charge in [-0.25, -0.2) is 9.37 Å². The standard InChI is InChI=1S/C12H12FNOS/c1-7-8(2)16-12(14-7)9-4-5-11(15-3)10(13)6-9/h4-6H,1-3H3. The molecule has 84 valence electrons. The minimum Gasteiger partial charge on any atom is -0.494 e. The van der Waals surface area contributed by atoms with Gasteiger partial charge < -0.3 is 4.74 Å². The van der Waals surface area contributed by atoms with Crippen LogP contribution in [-0.4, -0.2) is 12.1 Å². The van der Waals surface area contributed by atoms with Gasteiger partial charge in [0, 0.05) is 10.4 Å². The predicted molar refractivity (Wildman–Crippen MR) is 63.5 cm³/mol. The van der Waals surface area contributed by atoms with Crippen molar-refractivity contribution in [3.8, 4) is 16.3 Å². The van der Waals surface area contributed by atoms with E-state index in [1.165, 1.54) is 13.2 Å². The largest absolute Gasteiger partial charge is 0.494 e. The normalized spacial score (nSPS) is 10.5. The van der Waals surface area contributed by atoms with Crippen molar-refractivity contribution in [1.29, 1.82) is 0 Å². The van der Waals surface area contributed by atoms with E-state index in [0.717, 1.165) is 21.1 Å². The summed E-state index contributed by atoms with van der Waals surface area (Å²) in [5, 5.41) is 0.844. The molecule has 16 heavy (non-hydrogen) atoms. The van der Waals surface area contributed by atoms with Gasteiger partial charge in [0.15, 0.2) is 11.6 Å². The minimum atomic E-state index is -0.356. The van der Waals surface area contributed by atoms with E-state index in [1.807, 2.05) is 19.9 Å². The zero-order chi connectivity index (χ0) is 11.7. The highest BCUT2D eigenvalue weighted by Gasteiger charge is 2.09. The van der Waals surface area contributed by atoms with Gasteiger partial charge in [-0.3, -0.25) is 0 Å². The fourth-order valence-electron chi connectivity index (χ4n) is 1.40. The highest BCUT2D eigenvalue weighted by atomic mass is 32.1. The van der Waals surface area contributed by atoms with E-state index in [2.05, 4.69) is 4.98 Å². The number of hydrogen-bond acceptors (Lipinski definition) is 3. The summed E-state index contributed by atoms with van der Waals surface area (Å²) in [7, 11) is 1.45. The molecule has 0 saturated heterocycles. The number of rotatable bonds is 2. The SMILES string of the molecule is COc1ccc(-c2nc(C)c(C)s2)cc1F. The second-order valence-electron chi connectivity index (χ2n) is 3.51. The topological polar surface area (TPSA) is 22.1 Å². The number of benzene rings is 1. The van der Waals surface area contributed by atoms with Crippen LogP contribution in [0.1, 0.15) is 10.6 Å². The molecule has 4 heteroatoms. The maximum Gasteiger partial charge on any atom is 0.165 e. The Bertz CT molecular complexity index is 502. The zero-order valence-electron chi connectivity index (χ0n) is 9.37. The van der Waals surface area contributed by atoms with E-state index in [1.54, 1.807) is 17.4 Å².